The Balaban J connectivity index is 1.94. The van der Waals surface area contributed by atoms with Gasteiger partial charge in [-0.05, 0) is 75.2 Å². The number of carbonyl (C=O) groups excluding carboxylic acids is 3. The van der Waals surface area contributed by atoms with Crippen molar-refractivity contribution in [3.05, 3.63) is 64.3 Å². The van der Waals surface area contributed by atoms with Crippen LogP contribution in [0.25, 0.3) is 10.9 Å². The lowest BCUT2D eigenvalue weighted by molar-refractivity contribution is -0.136. The first-order valence-electron chi connectivity index (χ1n) is 13.8. The maximum Gasteiger partial charge on any atom is 0.262 e. The van der Waals surface area contributed by atoms with Gasteiger partial charge in [-0.25, -0.2) is 0 Å². The third-order valence-electron chi connectivity index (χ3n) is 7.23. The number of ether oxygens (including phenoxy) is 1. The zero-order chi connectivity index (χ0) is 28.5. The molecule has 0 fully saturated rings. The molecule has 2 amide bonds. The van der Waals surface area contributed by atoms with E-state index >= 15 is 0 Å². The van der Waals surface area contributed by atoms with E-state index in [-0.39, 0.29) is 24.1 Å². The predicted octanol–water partition coefficient (Wildman–Crippen LogP) is 6.17. The van der Waals surface area contributed by atoms with Crippen molar-refractivity contribution in [3.8, 4) is 5.75 Å². The largest absolute Gasteiger partial charge is 0.497 e. The Morgan fingerprint density at radius 2 is 1.69 bits per heavy atom. The second-order valence-electron chi connectivity index (χ2n) is 9.75. The molecule has 0 aliphatic carbocycles. The number of hydrogen-bond donors (Lipinski definition) is 1. The van der Waals surface area contributed by atoms with Gasteiger partial charge in [-0.3, -0.25) is 19.0 Å². The smallest absolute Gasteiger partial charge is 0.262 e. The van der Waals surface area contributed by atoms with Gasteiger partial charge in [0, 0.05) is 34.8 Å². The summed E-state index contributed by atoms with van der Waals surface area (Å²) in [5.74, 6) is 0.116. The standard InChI is InChI=1S/C31H40ClN3O4/c1-6-9-10-11-12-27(31(38)34(7-2)8-3)33-29(36)20-25-21(4)35(28-18-17-24(39-5)19-26(25)28)30(37)22-13-15-23(32)16-14-22/h13-19,27H,6-12,20H2,1-5H3,(H,33,36). The molecule has 8 heteroatoms. The van der Waals surface area contributed by atoms with E-state index in [0.717, 1.165) is 36.6 Å². The van der Waals surface area contributed by atoms with Crippen molar-refractivity contribution >= 4 is 40.2 Å². The van der Waals surface area contributed by atoms with Gasteiger partial charge in [-0.2, -0.15) is 0 Å². The number of halogens is 1. The molecule has 0 radical (unpaired) electrons. The van der Waals surface area contributed by atoms with Crippen molar-refractivity contribution in [1.29, 1.82) is 0 Å². The van der Waals surface area contributed by atoms with Gasteiger partial charge in [0.2, 0.25) is 11.8 Å². The van der Waals surface area contributed by atoms with Gasteiger partial charge in [0.15, 0.2) is 0 Å². The quantitative estimate of drug-likeness (QED) is 0.257. The van der Waals surface area contributed by atoms with Gasteiger partial charge in [0.05, 0.1) is 19.0 Å². The van der Waals surface area contributed by atoms with Gasteiger partial charge in [-0.15, -0.1) is 0 Å². The fraction of sp³-hybridized carbons (Fsp3) is 0.452. The Labute approximate surface area is 236 Å². The van der Waals surface area contributed by atoms with Crippen molar-refractivity contribution in [2.75, 3.05) is 20.2 Å². The molecule has 1 atom stereocenters. The lowest BCUT2D eigenvalue weighted by Gasteiger charge is -2.26. The fourth-order valence-corrected chi connectivity index (χ4v) is 5.12. The molecule has 1 unspecified atom stereocenters. The van der Waals surface area contributed by atoms with E-state index in [4.69, 9.17) is 16.3 Å². The molecule has 0 spiro atoms. The van der Waals surface area contributed by atoms with E-state index in [9.17, 15) is 14.4 Å². The Kier molecular flexibility index (Phi) is 11.0. The first kappa shape index (κ1) is 30.2. The summed E-state index contributed by atoms with van der Waals surface area (Å²) in [6.07, 6.45) is 4.73. The van der Waals surface area contributed by atoms with E-state index in [1.54, 1.807) is 46.9 Å². The number of carbonyl (C=O) groups is 3. The molecule has 1 N–H and O–H groups in total. The second-order valence-corrected chi connectivity index (χ2v) is 10.2. The Morgan fingerprint density at radius 1 is 1.00 bits per heavy atom. The summed E-state index contributed by atoms with van der Waals surface area (Å²) >= 11 is 6.03. The number of hydrogen-bond acceptors (Lipinski definition) is 4. The van der Waals surface area contributed by atoms with Crippen molar-refractivity contribution in [2.24, 2.45) is 0 Å². The third kappa shape index (κ3) is 7.21. The Bertz CT molecular complexity index is 1300. The minimum atomic E-state index is -0.576. The highest BCUT2D eigenvalue weighted by Gasteiger charge is 2.26. The number of nitrogens with zero attached hydrogens (tertiary/aromatic N) is 2. The number of benzene rings is 2. The number of nitrogens with one attached hydrogen (secondary N) is 1. The van der Waals surface area contributed by atoms with Crippen LogP contribution in [0.4, 0.5) is 0 Å². The van der Waals surface area contributed by atoms with Crippen molar-refractivity contribution < 1.29 is 19.1 Å². The van der Waals surface area contributed by atoms with Gasteiger partial charge in [0.25, 0.3) is 5.91 Å². The van der Waals surface area contributed by atoms with E-state index in [1.165, 1.54) is 0 Å². The van der Waals surface area contributed by atoms with Crippen LogP contribution in [0.2, 0.25) is 5.02 Å². The number of likely N-dealkylation sites (N-methyl/N-ethyl adjacent to an activating group) is 1. The maximum absolute atomic E-state index is 13.6. The van der Waals surface area contributed by atoms with Crippen LogP contribution in [0.15, 0.2) is 42.5 Å². The number of aromatic nitrogens is 1. The highest BCUT2D eigenvalue weighted by Crippen LogP contribution is 2.31. The molecule has 3 aromatic rings. The summed E-state index contributed by atoms with van der Waals surface area (Å²) < 4.78 is 7.07. The van der Waals surface area contributed by atoms with Crippen LogP contribution in [0.5, 0.6) is 5.75 Å². The molecule has 0 aliphatic rings. The van der Waals surface area contributed by atoms with E-state index < -0.39 is 6.04 Å². The van der Waals surface area contributed by atoms with Crippen LogP contribution in [-0.4, -0.2) is 53.4 Å². The average Bonchev–Trinajstić information content (AvgIpc) is 3.20. The number of fused-ring (bicyclic) bond motifs is 1. The summed E-state index contributed by atoms with van der Waals surface area (Å²) in [6.45, 7) is 9.06. The van der Waals surface area contributed by atoms with Gasteiger partial charge in [-0.1, -0.05) is 44.2 Å². The lowest BCUT2D eigenvalue weighted by atomic mass is 10.0. The molecule has 3 rings (SSSR count). The highest BCUT2D eigenvalue weighted by atomic mass is 35.5. The van der Waals surface area contributed by atoms with Crippen LogP contribution >= 0.6 is 11.6 Å². The molecule has 39 heavy (non-hydrogen) atoms. The molecule has 1 aromatic heterocycles. The van der Waals surface area contributed by atoms with Crippen molar-refractivity contribution in [3.63, 3.8) is 0 Å². The van der Waals surface area contributed by atoms with Gasteiger partial charge < -0.3 is 15.0 Å². The minimum Gasteiger partial charge on any atom is -0.497 e. The molecule has 210 valence electrons. The van der Waals surface area contributed by atoms with Crippen LogP contribution < -0.4 is 10.1 Å². The summed E-state index contributed by atoms with van der Waals surface area (Å²) in [6, 6.07) is 11.6. The summed E-state index contributed by atoms with van der Waals surface area (Å²) in [7, 11) is 1.58. The molecular formula is C31H40ClN3O4. The molecule has 0 aliphatic heterocycles. The highest BCUT2D eigenvalue weighted by molar-refractivity contribution is 6.30. The van der Waals surface area contributed by atoms with Gasteiger partial charge >= 0.3 is 0 Å². The Hall–Kier alpha value is -3.32. The molecule has 1 heterocycles. The SMILES string of the molecule is CCCCCCC(NC(=O)Cc1c(C)n(C(=O)c2ccc(Cl)cc2)c2ccc(OC)cc12)C(=O)N(CC)CC. The normalized spacial score (nSPS) is 11.8. The minimum absolute atomic E-state index is 0.0351. The lowest BCUT2D eigenvalue weighted by Crippen LogP contribution is -2.49. The van der Waals surface area contributed by atoms with Crippen molar-refractivity contribution in [2.45, 2.75) is 72.3 Å². The third-order valence-corrected chi connectivity index (χ3v) is 7.48. The first-order valence-corrected chi connectivity index (χ1v) is 14.2. The van der Waals surface area contributed by atoms with E-state index in [0.29, 0.717) is 47.1 Å². The number of amides is 2. The summed E-state index contributed by atoms with van der Waals surface area (Å²) in [5, 5.41) is 4.33. The summed E-state index contributed by atoms with van der Waals surface area (Å²) in [5.41, 5.74) is 2.57. The second kappa shape index (κ2) is 14.2. The molecule has 0 bridgehead atoms. The van der Waals surface area contributed by atoms with Crippen LogP contribution in [0.3, 0.4) is 0 Å². The molecule has 7 nitrogen and oxygen atoms in total. The van der Waals surface area contributed by atoms with Crippen LogP contribution in [-0.2, 0) is 16.0 Å². The van der Waals surface area contributed by atoms with Crippen molar-refractivity contribution in [1.82, 2.24) is 14.8 Å². The molecule has 0 saturated carbocycles. The molecule has 0 saturated heterocycles. The molecular weight excluding hydrogens is 514 g/mol. The van der Waals surface area contributed by atoms with E-state index in [1.807, 2.05) is 32.9 Å². The van der Waals surface area contributed by atoms with Gasteiger partial charge in [0.1, 0.15) is 11.8 Å². The number of unbranched alkanes of at least 4 members (excludes halogenated alkanes) is 3. The van der Waals surface area contributed by atoms with E-state index in [2.05, 4.69) is 12.2 Å². The number of methoxy groups -OCH3 is 1. The van der Waals surface area contributed by atoms with Crippen LogP contribution in [0.1, 0.15) is 74.5 Å². The maximum atomic E-state index is 13.6. The first-order chi connectivity index (χ1) is 18.7. The summed E-state index contributed by atoms with van der Waals surface area (Å²) in [4.78, 5) is 42.0. The molecule has 2 aromatic carbocycles. The Morgan fingerprint density at radius 3 is 2.31 bits per heavy atom. The van der Waals surface area contributed by atoms with Crippen LogP contribution in [0, 0.1) is 6.92 Å². The number of rotatable bonds is 13. The zero-order valence-electron chi connectivity index (χ0n) is 23.7. The predicted molar refractivity (Wildman–Crippen MR) is 157 cm³/mol. The zero-order valence-corrected chi connectivity index (χ0v) is 24.4. The monoisotopic (exact) mass is 553 g/mol. The average molecular weight is 554 g/mol. The fourth-order valence-electron chi connectivity index (χ4n) is 4.99. The topological polar surface area (TPSA) is 80.6 Å².